The molecule has 1 aromatic heterocycles. The number of hydrogen-bond donors (Lipinski definition) is 1. The number of benzene rings is 1. The van der Waals surface area contributed by atoms with Gasteiger partial charge in [0.15, 0.2) is 0 Å². The second-order valence-electron chi connectivity index (χ2n) is 6.03. The third kappa shape index (κ3) is 2.56. The van der Waals surface area contributed by atoms with Crippen molar-refractivity contribution in [3.8, 4) is 10.4 Å². The molecule has 0 spiro atoms. The van der Waals surface area contributed by atoms with Gasteiger partial charge in [-0.05, 0) is 37.1 Å². The molecule has 2 aliphatic heterocycles. The van der Waals surface area contributed by atoms with Crippen LogP contribution in [-0.2, 0) is 0 Å². The molecule has 0 aliphatic carbocycles. The molecule has 2 bridgehead atoms. The Morgan fingerprint density at radius 1 is 1.23 bits per heavy atom. The number of fused-ring (bicyclic) bond motifs is 2. The summed E-state index contributed by atoms with van der Waals surface area (Å²) in [6.07, 6.45) is 1.21. The molecule has 22 heavy (non-hydrogen) atoms. The zero-order valence-electron chi connectivity index (χ0n) is 12.1. The van der Waals surface area contributed by atoms with Crippen molar-refractivity contribution in [1.82, 2.24) is 10.2 Å². The zero-order valence-corrected chi connectivity index (χ0v) is 13.7. The minimum Gasteiger partial charge on any atom is -0.347 e. The fourth-order valence-corrected chi connectivity index (χ4v) is 4.70. The van der Waals surface area contributed by atoms with Gasteiger partial charge in [-0.3, -0.25) is 4.79 Å². The molecular formula is C17H17ClN2OS. The molecule has 1 aromatic carbocycles. The molecule has 0 saturated carbocycles. The summed E-state index contributed by atoms with van der Waals surface area (Å²) in [5.41, 5.74) is 0.985. The van der Waals surface area contributed by atoms with Crippen LogP contribution in [0, 0.1) is 5.92 Å². The average molecular weight is 333 g/mol. The maximum Gasteiger partial charge on any atom is 0.261 e. The van der Waals surface area contributed by atoms with E-state index >= 15 is 0 Å². The smallest absolute Gasteiger partial charge is 0.261 e. The Hall–Kier alpha value is -1.36. The molecule has 114 valence electrons. The average Bonchev–Trinajstić information content (AvgIpc) is 3.24. The van der Waals surface area contributed by atoms with Gasteiger partial charge in [0.05, 0.1) is 4.88 Å². The molecule has 4 rings (SSSR count). The number of rotatable bonds is 3. The van der Waals surface area contributed by atoms with E-state index in [0.29, 0.717) is 12.0 Å². The molecule has 3 heterocycles. The van der Waals surface area contributed by atoms with Crippen LogP contribution in [0.15, 0.2) is 36.4 Å². The number of piperidine rings is 1. The molecular weight excluding hydrogens is 316 g/mol. The quantitative estimate of drug-likeness (QED) is 0.933. The van der Waals surface area contributed by atoms with E-state index in [2.05, 4.69) is 10.2 Å². The Labute approximate surface area is 138 Å². The lowest BCUT2D eigenvalue weighted by Gasteiger charge is -2.22. The Balaban J connectivity index is 1.49. The van der Waals surface area contributed by atoms with E-state index < -0.39 is 0 Å². The minimum atomic E-state index is 0.0436. The standard InChI is InChI=1S/C17H17ClN2OS/c18-13-4-2-1-3-12(13)15-5-6-16(22-15)17(21)19-14-10-20-8-7-11(14)9-20/h1-6,11,14H,7-10H2,(H,19,21)/t11-,14?/m0/s1. The van der Waals surface area contributed by atoms with E-state index in [1.807, 2.05) is 36.4 Å². The van der Waals surface area contributed by atoms with Gasteiger partial charge in [0.2, 0.25) is 0 Å². The summed E-state index contributed by atoms with van der Waals surface area (Å²) in [6, 6.07) is 11.9. The number of nitrogens with zero attached hydrogens (tertiary/aromatic N) is 1. The van der Waals surface area contributed by atoms with E-state index in [1.165, 1.54) is 24.3 Å². The van der Waals surface area contributed by atoms with Crippen LogP contribution in [-0.4, -0.2) is 36.5 Å². The maximum absolute atomic E-state index is 12.5. The number of thiophene rings is 1. The number of nitrogens with one attached hydrogen (secondary N) is 1. The Kier molecular flexibility index (Phi) is 3.68. The maximum atomic E-state index is 12.5. The van der Waals surface area contributed by atoms with Crippen LogP contribution in [0.3, 0.4) is 0 Å². The monoisotopic (exact) mass is 332 g/mol. The molecule has 2 saturated heterocycles. The predicted octanol–water partition coefficient (Wildman–Crippen LogP) is 3.50. The van der Waals surface area contributed by atoms with Gasteiger partial charge in [-0.15, -0.1) is 11.3 Å². The van der Waals surface area contributed by atoms with Crippen molar-refractivity contribution in [1.29, 1.82) is 0 Å². The van der Waals surface area contributed by atoms with Crippen LogP contribution < -0.4 is 5.32 Å². The van der Waals surface area contributed by atoms with Crippen LogP contribution in [0.1, 0.15) is 16.1 Å². The van der Waals surface area contributed by atoms with Crippen LogP contribution in [0.2, 0.25) is 5.02 Å². The summed E-state index contributed by atoms with van der Waals surface area (Å²) in [5.74, 6) is 0.675. The SMILES string of the molecule is O=C(NC1CN2CC[C@H]1C2)c1ccc(-c2ccccc2Cl)s1. The first-order valence-electron chi connectivity index (χ1n) is 7.58. The van der Waals surface area contributed by atoms with Crippen molar-refractivity contribution in [2.75, 3.05) is 19.6 Å². The molecule has 2 fully saturated rings. The van der Waals surface area contributed by atoms with Crippen LogP contribution >= 0.6 is 22.9 Å². The van der Waals surface area contributed by atoms with Gasteiger partial charge in [0, 0.05) is 34.6 Å². The molecule has 2 aromatic rings. The molecule has 2 unspecified atom stereocenters. The molecule has 1 amide bonds. The number of hydrogen-bond acceptors (Lipinski definition) is 3. The second-order valence-corrected chi connectivity index (χ2v) is 7.52. The van der Waals surface area contributed by atoms with Gasteiger partial charge >= 0.3 is 0 Å². The van der Waals surface area contributed by atoms with Gasteiger partial charge in [-0.2, -0.15) is 0 Å². The van der Waals surface area contributed by atoms with E-state index in [-0.39, 0.29) is 5.91 Å². The highest BCUT2D eigenvalue weighted by atomic mass is 35.5. The summed E-state index contributed by atoms with van der Waals surface area (Å²) in [5, 5.41) is 3.92. The molecule has 1 N–H and O–H groups in total. The van der Waals surface area contributed by atoms with Crippen molar-refractivity contribution in [2.24, 2.45) is 5.92 Å². The third-order valence-electron chi connectivity index (χ3n) is 4.62. The molecule has 0 radical (unpaired) electrons. The first-order valence-corrected chi connectivity index (χ1v) is 8.78. The number of carbonyl (C=O) groups is 1. The van der Waals surface area contributed by atoms with Gasteiger partial charge < -0.3 is 10.2 Å². The molecule has 3 nitrogen and oxygen atoms in total. The van der Waals surface area contributed by atoms with Gasteiger partial charge in [0.25, 0.3) is 5.91 Å². The van der Waals surface area contributed by atoms with Gasteiger partial charge in [-0.25, -0.2) is 0 Å². The predicted molar refractivity (Wildman–Crippen MR) is 90.6 cm³/mol. The summed E-state index contributed by atoms with van der Waals surface area (Å²) in [6.45, 7) is 3.33. The molecule has 3 atom stereocenters. The highest BCUT2D eigenvalue weighted by Crippen LogP contribution is 2.33. The first-order chi connectivity index (χ1) is 10.7. The van der Waals surface area contributed by atoms with E-state index in [0.717, 1.165) is 33.4 Å². The van der Waals surface area contributed by atoms with E-state index in [9.17, 15) is 4.79 Å². The third-order valence-corrected chi connectivity index (χ3v) is 6.07. The van der Waals surface area contributed by atoms with Crippen LogP contribution in [0.4, 0.5) is 0 Å². The number of halogens is 1. The minimum absolute atomic E-state index is 0.0436. The Bertz CT molecular complexity index is 714. The number of amides is 1. The molecule has 2 aliphatic rings. The van der Waals surface area contributed by atoms with Crippen molar-refractivity contribution < 1.29 is 4.79 Å². The van der Waals surface area contributed by atoms with Crippen molar-refractivity contribution in [2.45, 2.75) is 12.5 Å². The summed E-state index contributed by atoms with van der Waals surface area (Å²) < 4.78 is 0. The lowest BCUT2D eigenvalue weighted by atomic mass is 10.00. The van der Waals surface area contributed by atoms with Gasteiger partial charge in [-0.1, -0.05) is 29.8 Å². The van der Waals surface area contributed by atoms with E-state index in [1.54, 1.807) is 0 Å². The second kappa shape index (κ2) is 5.69. The fourth-order valence-electron chi connectivity index (χ4n) is 3.45. The Morgan fingerprint density at radius 3 is 2.82 bits per heavy atom. The summed E-state index contributed by atoms with van der Waals surface area (Å²) in [4.78, 5) is 16.7. The number of carbonyl (C=O) groups excluding carboxylic acids is 1. The summed E-state index contributed by atoms with van der Waals surface area (Å²) in [7, 11) is 0. The van der Waals surface area contributed by atoms with Crippen molar-refractivity contribution >= 4 is 28.8 Å². The van der Waals surface area contributed by atoms with Crippen LogP contribution in [0.25, 0.3) is 10.4 Å². The topological polar surface area (TPSA) is 32.3 Å². The van der Waals surface area contributed by atoms with E-state index in [4.69, 9.17) is 11.6 Å². The van der Waals surface area contributed by atoms with Gasteiger partial charge in [0.1, 0.15) is 0 Å². The molecule has 5 heteroatoms. The fraction of sp³-hybridized carbons (Fsp3) is 0.353. The zero-order chi connectivity index (χ0) is 15.1. The largest absolute Gasteiger partial charge is 0.347 e. The Morgan fingerprint density at radius 2 is 2.09 bits per heavy atom. The summed E-state index contributed by atoms with van der Waals surface area (Å²) >= 11 is 7.73. The highest BCUT2D eigenvalue weighted by Gasteiger charge is 2.38. The lowest BCUT2D eigenvalue weighted by molar-refractivity contribution is 0.0928. The normalized spacial score (nSPS) is 26.3. The van der Waals surface area contributed by atoms with Crippen molar-refractivity contribution in [3.63, 3.8) is 0 Å². The van der Waals surface area contributed by atoms with Crippen molar-refractivity contribution in [3.05, 3.63) is 46.3 Å². The van der Waals surface area contributed by atoms with Crippen LogP contribution in [0.5, 0.6) is 0 Å². The highest BCUT2D eigenvalue weighted by molar-refractivity contribution is 7.17. The first kappa shape index (κ1) is 14.2. The lowest BCUT2D eigenvalue weighted by Crippen LogP contribution is -2.42.